The predicted molar refractivity (Wildman–Crippen MR) is 60.3 cm³/mol. The second-order valence-corrected chi connectivity index (χ2v) is 3.63. The van der Waals surface area contributed by atoms with Crippen molar-refractivity contribution in [3.05, 3.63) is 12.7 Å². The van der Waals surface area contributed by atoms with Crippen molar-refractivity contribution in [3.8, 4) is 5.88 Å². The second-order valence-electron chi connectivity index (χ2n) is 3.63. The Morgan fingerprint density at radius 1 is 1.47 bits per heavy atom. The Hall–Kier alpha value is -2.18. The van der Waals surface area contributed by atoms with Crippen molar-refractivity contribution < 1.29 is 9.53 Å². The number of hydrogen-bond donors (Lipinski definition) is 0. The normalized spacial score (nSPS) is 10.5. The van der Waals surface area contributed by atoms with Crippen molar-refractivity contribution in [1.82, 2.24) is 24.4 Å². The third kappa shape index (κ3) is 2.03. The number of nitrogens with zero attached hydrogens (tertiary/aromatic N) is 5. The highest BCUT2D eigenvalue weighted by Crippen LogP contribution is 2.18. The summed E-state index contributed by atoms with van der Waals surface area (Å²) in [6.07, 6.45) is 3.02. The summed E-state index contributed by atoms with van der Waals surface area (Å²) in [5.74, 6) is 0.409. The van der Waals surface area contributed by atoms with E-state index in [1.165, 1.54) is 20.4 Å². The zero-order valence-electron chi connectivity index (χ0n) is 9.91. The summed E-state index contributed by atoms with van der Waals surface area (Å²) >= 11 is 0. The van der Waals surface area contributed by atoms with Crippen LogP contribution in [0.15, 0.2) is 12.7 Å². The first-order valence-electron chi connectivity index (χ1n) is 5.05. The molecule has 7 heteroatoms. The SMILES string of the molecule is COc1ncnc2c1ncn2CN(C)C(C)=O. The van der Waals surface area contributed by atoms with Crippen molar-refractivity contribution in [2.45, 2.75) is 13.6 Å². The molecule has 0 saturated carbocycles. The van der Waals surface area contributed by atoms with E-state index in [9.17, 15) is 4.79 Å². The van der Waals surface area contributed by atoms with Crippen LogP contribution < -0.4 is 4.74 Å². The third-order valence-corrected chi connectivity index (χ3v) is 2.46. The Bertz CT molecular complexity index is 551. The molecule has 2 aromatic heterocycles. The van der Waals surface area contributed by atoms with E-state index in [-0.39, 0.29) is 5.91 Å². The predicted octanol–water partition coefficient (Wildman–Crippen LogP) is 0.271. The van der Waals surface area contributed by atoms with Gasteiger partial charge in [0.2, 0.25) is 11.8 Å². The first-order chi connectivity index (χ1) is 8.13. The van der Waals surface area contributed by atoms with E-state index < -0.39 is 0 Å². The Labute approximate surface area is 98.1 Å². The van der Waals surface area contributed by atoms with Crippen LogP contribution in [0.4, 0.5) is 0 Å². The number of hydrogen-bond acceptors (Lipinski definition) is 5. The van der Waals surface area contributed by atoms with Crippen LogP contribution in [-0.4, -0.2) is 44.5 Å². The van der Waals surface area contributed by atoms with Gasteiger partial charge in [-0.05, 0) is 0 Å². The number of imidazole rings is 1. The summed E-state index contributed by atoms with van der Waals surface area (Å²) in [7, 11) is 3.25. The van der Waals surface area contributed by atoms with Gasteiger partial charge in [-0.25, -0.2) is 9.97 Å². The lowest BCUT2D eigenvalue weighted by Gasteiger charge is -2.15. The van der Waals surface area contributed by atoms with E-state index in [1.807, 2.05) is 0 Å². The van der Waals surface area contributed by atoms with Gasteiger partial charge in [-0.1, -0.05) is 0 Å². The topological polar surface area (TPSA) is 73.1 Å². The van der Waals surface area contributed by atoms with Crippen LogP contribution >= 0.6 is 0 Å². The summed E-state index contributed by atoms with van der Waals surface area (Å²) in [6, 6.07) is 0. The number of amides is 1. The van der Waals surface area contributed by atoms with Crippen LogP contribution in [0.2, 0.25) is 0 Å². The van der Waals surface area contributed by atoms with E-state index in [0.29, 0.717) is 23.7 Å². The maximum Gasteiger partial charge on any atom is 0.245 e. The molecule has 7 nitrogen and oxygen atoms in total. The van der Waals surface area contributed by atoms with Gasteiger partial charge in [-0.15, -0.1) is 0 Å². The molecule has 0 aliphatic carbocycles. The van der Waals surface area contributed by atoms with Crippen LogP contribution in [-0.2, 0) is 11.5 Å². The molecule has 0 radical (unpaired) electrons. The molecule has 0 fully saturated rings. The van der Waals surface area contributed by atoms with Crippen LogP contribution in [0.1, 0.15) is 6.92 Å². The maximum atomic E-state index is 11.2. The number of aromatic nitrogens is 4. The van der Waals surface area contributed by atoms with Gasteiger partial charge in [0.1, 0.15) is 6.33 Å². The number of carbonyl (C=O) groups excluding carboxylic acids is 1. The lowest BCUT2D eigenvalue weighted by atomic mass is 10.5. The molecular formula is C10H13N5O2. The highest BCUT2D eigenvalue weighted by molar-refractivity contribution is 5.76. The molecular weight excluding hydrogens is 222 g/mol. The minimum absolute atomic E-state index is 0.0205. The fourth-order valence-electron chi connectivity index (χ4n) is 1.44. The van der Waals surface area contributed by atoms with Crippen molar-refractivity contribution in [1.29, 1.82) is 0 Å². The van der Waals surface area contributed by atoms with Gasteiger partial charge in [-0.3, -0.25) is 9.36 Å². The monoisotopic (exact) mass is 235 g/mol. The van der Waals surface area contributed by atoms with E-state index in [4.69, 9.17) is 4.74 Å². The smallest absolute Gasteiger partial charge is 0.245 e. The van der Waals surface area contributed by atoms with Crippen LogP contribution in [0.3, 0.4) is 0 Å². The minimum Gasteiger partial charge on any atom is -0.479 e. The number of carbonyl (C=O) groups is 1. The van der Waals surface area contributed by atoms with Gasteiger partial charge in [0.05, 0.1) is 20.1 Å². The second kappa shape index (κ2) is 4.36. The molecule has 2 aromatic rings. The third-order valence-electron chi connectivity index (χ3n) is 2.46. The average Bonchev–Trinajstić information content (AvgIpc) is 2.72. The Kier molecular flexibility index (Phi) is 2.90. The quantitative estimate of drug-likeness (QED) is 0.763. The van der Waals surface area contributed by atoms with Crippen molar-refractivity contribution in [3.63, 3.8) is 0 Å². The van der Waals surface area contributed by atoms with Gasteiger partial charge >= 0.3 is 0 Å². The van der Waals surface area contributed by atoms with Gasteiger partial charge < -0.3 is 9.64 Å². The number of rotatable bonds is 3. The molecule has 0 atom stereocenters. The standard InChI is InChI=1S/C10H13N5O2/c1-7(16)14(2)6-15-5-13-8-9(15)11-4-12-10(8)17-3/h4-5H,6H2,1-3H3. The van der Waals surface area contributed by atoms with Gasteiger partial charge in [0.25, 0.3) is 0 Å². The minimum atomic E-state index is -0.0205. The van der Waals surface area contributed by atoms with E-state index >= 15 is 0 Å². The van der Waals surface area contributed by atoms with Gasteiger partial charge in [-0.2, -0.15) is 4.98 Å². The molecule has 0 aromatic carbocycles. The lowest BCUT2D eigenvalue weighted by molar-refractivity contribution is -0.128. The van der Waals surface area contributed by atoms with Gasteiger partial charge in [0.15, 0.2) is 11.2 Å². The molecule has 1 amide bonds. The molecule has 0 spiro atoms. The van der Waals surface area contributed by atoms with E-state index in [1.54, 1.807) is 22.8 Å². The highest BCUT2D eigenvalue weighted by atomic mass is 16.5. The van der Waals surface area contributed by atoms with E-state index in [0.717, 1.165) is 0 Å². The van der Waals surface area contributed by atoms with Crippen molar-refractivity contribution in [2.75, 3.05) is 14.2 Å². The number of fused-ring (bicyclic) bond motifs is 1. The zero-order chi connectivity index (χ0) is 12.4. The largest absolute Gasteiger partial charge is 0.479 e. The maximum absolute atomic E-state index is 11.2. The summed E-state index contributed by atoms with van der Waals surface area (Å²) in [6.45, 7) is 1.90. The molecule has 0 bridgehead atoms. The molecule has 90 valence electrons. The molecule has 2 heterocycles. The fourth-order valence-corrected chi connectivity index (χ4v) is 1.44. The summed E-state index contributed by atoms with van der Waals surface area (Å²) < 4.78 is 6.85. The summed E-state index contributed by atoms with van der Waals surface area (Å²) in [5, 5.41) is 0. The Morgan fingerprint density at radius 3 is 2.88 bits per heavy atom. The molecule has 0 N–H and O–H groups in total. The van der Waals surface area contributed by atoms with Crippen LogP contribution in [0.25, 0.3) is 11.2 Å². The van der Waals surface area contributed by atoms with Crippen LogP contribution in [0.5, 0.6) is 5.88 Å². The number of ether oxygens (including phenoxy) is 1. The molecule has 2 rings (SSSR count). The number of methoxy groups -OCH3 is 1. The molecule has 0 aliphatic rings. The molecule has 0 saturated heterocycles. The van der Waals surface area contributed by atoms with Gasteiger partial charge in [0, 0.05) is 14.0 Å². The molecule has 0 aliphatic heterocycles. The molecule has 17 heavy (non-hydrogen) atoms. The summed E-state index contributed by atoms with van der Waals surface area (Å²) in [4.78, 5) is 25.0. The highest BCUT2D eigenvalue weighted by Gasteiger charge is 2.12. The lowest BCUT2D eigenvalue weighted by Crippen LogP contribution is -2.26. The first kappa shape index (κ1) is 11.3. The summed E-state index contributed by atoms with van der Waals surface area (Å²) in [5.41, 5.74) is 1.23. The Morgan fingerprint density at radius 2 is 2.24 bits per heavy atom. The fraction of sp³-hybridized carbons (Fsp3) is 0.400. The van der Waals surface area contributed by atoms with Crippen molar-refractivity contribution in [2.24, 2.45) is 0 Å². The molecule has 0 unspecified atom stereocenters. The first-order valence-corrected chi connectivity index (χ1v) is 5.05. The van der Waals surface area contributed by atoms with Crippen LogP contribution in [0, 0.1) is 0 Å². The van der Waals surface area contributed by atoms with E-state index in [2.05, 4.69) is 15.0 Å². The van der Waals surface area contributed by atoms with Crippen molar-refractivity contribution >= 4 is 17.1 Å². The zero-order valence-corrected chi connectivity index (χ0v) is 9.91. The average molecular weight is 235 g/mol. The Balaban J connectivity index is 2.40.